The van der Waals surface area contributed by atoms with E-state index in [9.17, 15) is 4.39 Å². The van der Waals surface area contributed by atoms with Crippen molar-refractivity contribution in [1.82, 2.24) is 20.1 Å². The van der Waals surface area contributed by atoms with Gasteiger partial charge in [0.15, 0.2) is 17.2 Å². The van der Waals surface area contributed by atoms with Crippen molar-refractivity contribution in [3.8, 4) is 5.75 Å². The smallest absolute Gasteiger partial charge is 0.182 e. The van der Waals surface area contributed by atoms with Crippen molar-refractivity contribution >= 4 is 28.1 Å². The van der Waals surface area contributed by atoms with Crippen molar-refractivity contribution in [2.45, 2.75) is 32.5 Å². The van der Waals surface area contributed by atoms with Crippen molar-refractivity contribution in [3.63, 3.8) is 0 Å². The quantitative estimate of drug-likeness (QED) is 0.489. The van der Waals surface area contributed by atoms with Crippen molar-refractivity contribution in [2.24, 2.45) is 4.99 Å². The number of ether oxygens (including phenoxy) is 1. The van der Waals surface area contributed by atoms with Gasteiger partial charge in [0, 0.05) is 11.6 Å². The predicted molar refractivity (Wildman–Crippen MR) is 120 cm³/mol. The number of benzene rings is 2. The molecule has 0 unspecified atom stereocenters. The summed E-state index contributed by atoms with van der Waals surface area (Å²) in [6.45, 7) is 5.68. The maximum absolute atomic E-state index is 14.4. The molecule has 1 aliphatic rings. The van der Waals surface area contributed by atoms with Gasteiger partial charge in [0.05, 0.1) is 24.9 Å². The number of halogens is 1. The highest BCUT2D eigenvalue weighted by Crippen LogP contribution is 2.34. The van der Waals surface area contributed by atoms with Gasteiger partial charge in [-0.15, -0.1) is 0 Å². The van der Waals surface area contributed by atoms with E-state index in [2.05, 4.69) is 20.9 Å². The Kier molecular flexibility index (Phi) is 4.70. The van der Waals surface area contributed by atoms with E-state index in [-0.39, 0.29) is 11.9 Å². The first-order valence-electron chi connectivity index (χ1n) is 10.3. The van der Waals surface area contributed by atoms with Crippen molar-refractivity contribution in [1.29, 1.82) is 0 Å². The number of nitrogens with zero attached hydrogens (tertiary/aromatic N) is 4. The molecule has 3 heterocycles. The molecule has 0 radical (unpaired) electrons. The van der Waals surface area contributed by atoms with E-state index < -0.39 is 5.72 Å². The summed E-state index contributed by atoms with van der Waals surface area (Å²) in [6.07, 6.45) is 3.50. The lowest BCUT2D eigenvalue weighted by Crippen LogP contribution is -2.23. The molecule has 0 aliphatic carbocycles. The van der Waals surface area contributed by atoms with Gasteiger partial charge in [0.25, 0.3) is 0 Å². The summed E-state index contributed by atoms with van der Waals surface area (Å²) in [5, 5.41) is 9.37. The Hall–Kier alpha value is -3.72. The highest BCUT2D eigenvalue weighted by Gasteiger charge is 2.28. The van der Waals surface area contributed by atoms with Gasteiger partial charge in [-0.2, -0.15) is 5.10 Å². The van der Waals surface area contributed by atoms with Crippen LogP contribution in [0.25, 0.3) is 16.4 Å². The van der Waals surface area contributed by atoms with Crippen LogP contribution < -0.4 is 15.5 Å². The summed E-state index contributed by atoms with van der Waals surface area (Å²) >= 11 is 0. The molecule has 9 heteroatoms. The second kappa shape index (κ2) is 7.45. The van der Waals surface area contributed by atoms with Crippen LogP contribution in [0.1, 0.15) is 37.9 Å². The number of aromatic nitrogens is 3. The molecule has 0 spiro atoms. The van der Waals surface area contributed by atoms with Crippen LogP contribution in [0.15, 0.2) is 53.8 Å². The first-order chi connectivity index (χ1) is 15.3. The average Bonchev–Trinajstić information content (AvgIpc) is 3.34. The zero-order chi connectivity index (χ0) is 22.5. The van der Waals surface area contributed by atoms with Crippen LogP contribution in [0, 0.1) is 5.82 Å². The number of hydrogen-bond donors (Lipinski definition) is 2. The Bertz CT molecular complexity index is 1360. The van der Waals surface area contributed by atoms with Crippen LogP contribution >= 0.6 is 0 Å². The molecule has 1 aliphatic heterocycles. The SMILES string of the molecule is COc1cccc2cc(F)cc([C@@H](C)Nc3ccn4ncc(C5=NC(C)(C)ON5)c4n3)c12. The van der Waals surface area contributed by atoms with Gasteiger partial charge in [-0.05, 0) is 56.0 Å². The lowest BCUT2D eigenvalue weighted by molar-refractivity contribution is -0.0269. The number of methoxy groups -OCH3 is 1. The number of rotatable bonds is 5. The number of anilines is 1. The molecule has 0 bridgehead atoms. The molecule has 5 rings (SSSR count). The second-order valence-corrected chi connectivity index (χ2v) is 8.17. The number of hydroxylamine groups is 1. The number of fused-ring (bicyclic) bond motifs is 2. The summed E-state index contributed by atoms with van der Waals surface area (Å²) in [4.78, 5) is 14.7. The van der Waals surface area contributed by atoms with Crippen molar-refractivity contribution in [3.05, 3.63) is 65.7 Å². The minimum absolute atomic E-state index is 0.241. The van der Waals surface area contributed by atoms with Crippen LogP contribution in [0.2, 0.25) is 0 Å². The Morgan fingerprint density at radius 3 is 2.84 bits per heavy atom. The molecule has 2 N–H and O–H groups in total. The van der Waals surface area contributed by atoms with Gasteiger partial charge in [-0.1, -0.05) is 12.1 Å². The van der Waals surface area contributed by atoms with Crippen molar-refractivity contribution in [2.75, 3.05) is 12.4 Å². The van der Waals surface area contributed by atoms with Gasteiger partial charge in [0.1, 0.15) is 17.4 Å². The Morgan fingerprint density at radius 2 is 2.09 bits per heavy atom. The lowest BCUT2D eigenvalue weighted by atomic mass is 9.98. The minimum atomic E-state index is -0.661. The number of aliphatic imine (C=N–C) groups is 1. The van der Waals surface area contributed by atoms with E-state index in [1.807, 2.05) is 51.2 Å². The number of hydrogen-bond acceptors (Lipinski definition) is 7. The Morgan fingerprint density at radius 1 is 1.25 bits per heavy atom. The molecule has 4 aromatic rings. The zero-order valence-electron chi connectivity index (χ0n) is 18.2. The van der Waals surface area contributed by atoms with E-state index in [1.54, 1.807) is 17.8 Å². The third-order valence-electron chi connectivity index (χ3n) is 5.39. The second-order valence-electron chi connectivity index (χ2n) is 8.17. The van der Waals surface area contributed by atoms with Crippen LogP contribution in [0.5, 0.6) is 5.75 Å². The summed E-state index contributed by atoms with van der Waals surface area (Å²) in [5.41, 5.74) is 4.32. The third kappa shape index (κ3) is 3.50. The summed E-state index contributed by atoms with van der Waals surface area (Å²) in [6, 6.07) is 10.2. The Labute approximate surface area is 184 Å². The molecule has 2 aromatic carbocycles. The van der Waals surface area contributed by atoms with E-state index in [0.29, 0.717) is 23.1 Å². The monoisotopic (exact) mass is 434 g/mol. The van der Waals surface area contributed by atoms with Gasteiger partial charge >= 0.3 is 0 Å². The van der Waals surface area contributed by atoms with E-state index in [4.69, 9.17) is 14.6 Å². The van der Waals surface area contributed by atoms with E-state index in [1.165, 1.54) is 12.1 Å². The topological polar surface area (TPSA) is 85.1 Å². The van der Waals surface area contributed by atoms with E-state index >= 15 is 0 Å². The fraction of sp³-hybridized carbons (Fsp3) is 0.261. The molecule has 2 aromatic heterocycles. The molecule has 0 saturated heterocycles. The highest BCUT2D eigenvalue weighted by molar-refractivity contribution is 6.04. The van der Waals surface area contributed by atoms with Gasteiger partial charge in [0.2, 0.25) is 0 Å². The minimum Gasteiger partial charge on any atom is -0.496 e. The van der Waals surface area contributed by atoms with Gasteiger partial charge < -0.3 is 10.1 Å². The molecular formula is C23H23FN6O2. The molecule has 0 fully saturated rings. The maximum atomic E-state index is 14.4. The van der Waals surface area contributed by atoms with Gasteiger partial charge in [-0.3, -0.25) is 0 Å². The van der Waals surface area contributed by atoms with Crippen LogP contribution in [-0.4, -0.2) is 33.3 Å². The maximum Gasteiger partial charge on any atom is 0.182 e. The third-order valence-corrected chi connectivity index (χ3v) is 5.39. The lowest BCUT2D eigenvalue weighted by Gasteiger charge is -2.19. The zero-order valence-corrected chi connectivity index (χ0v) is 18.2. The molecule has 0 saturated carbocycles. The van der Waals surface area contributed by atoms with Crippen LogP contribution in [0.3, 0.4) is 0 Å². The average molecular weight is 434 g/mol. The molecule has 0 amide bonds. The normalized spacial score (nSPS) is 16.1. The summed E-state index contributed by atoms with van der Waals surface area (Å²) < 4.78 is 21.6. The summed E-state index contributed by atoms with van der Waals surface area (Å²) in [7, 11) is 1.61. The molecule has 1 atom stereocenters. The molecule has 8 nitrogen and oxygen atoms in total. The first-order valence-corrected chi connectivity index (χ1v) is 10.3. The highest BCUT2D eigenvalue weighted by atomic mass is 19.1. The first kappa shape index (κ1) is 20.2. The van der Waals surface area contributed by atoms with Crippen molar-refractivity contribution < 1.29 is 14.0 Å². The van der Waals surface area contributed by atoms with Gasteiger partial charge in [-0.25, -0.2) is 29.2 Å². The molecular weight excluding hydrogens is 411 g/mol. The number of nitrogens with one attached hydrogen (secondary N) is 2. The van der Waals surface area contributed by atoms with Crippen LogP contribution in [0.4, 0.5) is 10.2 Å². The fourth-order valence-corrected chi connectivity index (χ4v) is 3.92. The van der Waals surface area contributed by atoms with Crippen LogP contribution in [-0.2, 0) is 4.84 Å². The standard InChI is InChI=1S/C23H23FN6O2/c1-13(16-11-15(24)10-14-6-5-7-18(31-4)20(14)16)26-19-8-9-30-22(27-19)17(12-25-30)21-28-23(2,3)32-29-21/h5-13H,1-4H3,(H,26,27)(H,28,29)/t13-/m1/s1. The summed E-state index contributed by atoms with van der Waals surface area (Å²) in [5.74, 6) is 1.59. The van der Waals surface area contributed by atoms with E-state index in [0.717, 1.165) is 21.9 Å². The molecule has 32 heavy (non-hydrogen) atoms. The predicted octanol–water partition coefficient (Wildman–Crippen LogP) is 4.22. The fourth-order valence-electron chi connectivity index (χ4n) is 3.92. The Balaban J connectivity index is 1.52. The molecule has 164 valence electrons. The number of amidine groups is 1. The largest absolute Gasteiger partial charge is 0.496 e.